The van der Waals surface area contributed by atoms with Gasteiger partial charge >= 0.3 is 5.97 Å². The number of benzene rings is 1. The molecular formula is C14H22N2O3. The van der Waals surface area contributed by atoms with Crippen molar-refractivity contribution in [1.29, 1.82) is 0 Å². The summed E-state index contributed by atoms with van der Waals surface area (Å²) in [6.45, 7) is 2.88. The summed E-state index contributed by atoms with van der Waals surface area (Å²) < 4.78 is 0. The Kier molecular flexibility index (Phi) is 5.79. The van der Waals surface area contributed by atoms with Gasteiger partial charge in [-0.25, -0.2) is 4.79 Å². The van der Waals surface area contributed by atoms with Crippen molar-refractivity contribution in [3.05, 3.63) is 30.3 Å². The average molecular weight is 266 g/mol. The highest BCUT2D eigenvalue weighted by Gasteiger charge is 2.28. The lowest BCUT2D eigenvalue weighted by molar-refractivity contribution is -0.156. The molecule has 0 aromatic heterocycles. The zero-order chi connectivity index (χ0) is 14.3. The topological polar surface area (TPSA) is 72.8 Å². The Balaban J connectivity index is 2.20. The van der Waals surface area contributed by atoms with Gasteiger partial charge in [-0.1, -0.05) is 18.2 Å². The number of para-hydroxylation sites is 1. The fraction of sp³-hybridized carbons (Fsp3) is 0.500. The maximum Gasteiger partial charge on any atom is 0.336 e. The Morgan fingerprint density at radius 3 is 2.58 bits per heavy atom. The first-order valence-corrected chi connectivity index (χ1v) is 6.36. The van der Waals surface area contributed by atoms with E-state index in [2.05, 4.69) is 10.2 Å². The Hall–Kier alpha value is -1.59. The SMILES string of the molecule is CN(CCCNCC(C)(O)C(=O)O)c1ccccc1. The summed E-state index contributed by atoms with van der Waals surface area (Å²) in [5.74, 6) is -1.21. The number of aliphatic carboxylic acids is 1. The molecule has 5 nitrogen and oxygen atoms in total. The molecule has 1 atom stereocenters. The number of anilines is 1. The molecule has 1 aromatic carbocycles. The monoisotopic (exact) mass is 266 g/mol. The molecule has 0 spiro atoms. The highest BCUT2D eigenvalue weighted by molar-refractivity contribution is 5.76. The first-order valence-electron chi connectivity index (χ1n) is 6.36. The minimum atomic E-state index is -1.70. The number of carboxylic acid groups (broad SMARTS) is 1. The van der Waals surface area contributed by atoms with Gasteiger partial charge in [0.05, 0.1) is 0 Å². The van der Waals surface area contributed by atoms with Crippen molar-refractivity contribution in [2.75, 3.05) is 31.6 Å². The molecule has 5 heteroatoms. The first-order chi connectivity index (χ1) is 8.93. The Morgan fingerprint density at radius 1 is 1.37 bits per heavy atom. The molecule has 1 rings (SSSR count). The number of aliphatic hydroxyl groups is 1. The summed E-state index contributed by atoms with van der Waals surface area (Å²) in [6.07, 6.45) is 0.876. The third kappa shape index (κ3) is 5.28. The molecule has 0 aliphatic heterocycles. The van der Waals surface area contributed by atoms with Gasteiger partial charge in [-0.15, -0.1) is 0 Å². The molecule has 1 aromatic rings. The van der Waals surface area contributed by atoms with Gasteiger partial charge in [0, 0.05) is 25.8 Å². The molecule has 0 fully saturated rings. The lowest BCUT2D eigenvalue weighted by Crippen LogP contribution is -2.45. The first kappa shape index (κ1) is 15.5. The van der Waals surface area contributed by atoms with E-state index >= 15 is 0 Å². The number of hydrogen-bond acceptors (Lipinski definition) is 4. The molecule has 0 aliphatic rings. The molecule has 0 radical (unpaired) electrons. The summed E-state index contributed by atoms with van der Waals surface area (Å²) in [4.78, 5) is 12.8. The van der Waals surface area contributed by atoms with E-state index in [0.29, 0.717) is 6.54 Å². The van der Waals surface area contributed by atoms with Crippen molar-refractivity contribution in [2.24, 2.45) is 0 Å². The summed E-state index contributed by atoms with van der Waals surface area (Å²) >= 11 is 0. The van der Waals surface area contributed by atoms with Gasteiger partial charge in [-0.2, -0.15) is 0 Å². The molecule has 0 saturated heterocycles. The number of nitrogens with one attached hydrogen (secondary N) is 1. The molecule has 19 heavy (non-hydrogen) atoms. The maximum atomic E-state index is 10.7. The van der Waals surface area contributed by atoms with E-state index in [-0.39, 0.29) is 6.54 Å². The molecule has 0 saturated carbocycles. The second-order valence-electron chi connectivity index (χ2n) is 4.87. The number of carboxylic acids is 1. The van der Waals surface area contributed by atoms with Crippen LogP contribution in [0.2, 0.25) is 0 Å². The minimum absolute atomic E-state index is 0.0530. The van der Waals surface area contributed by atoms with Gasteiger partial charge in [0.25, 0.3) is 0 Å². The Labute approximate surface area is 113 Å². The second kappa shape index (κ2) is 7.11. The van der Waals surface area contributed by atoms with Gasteiger partial charge in [0.15, 0.2) is 5.60 Å². The van der Waals surface area contributed by atoms with Crippen molar-refractivity contribution < 1.29 is 15.0 Å². The highest BCUT2D eigenvalue weighted by atomic mass is 16.4. The Morgan fingerprint density at radius 2 is 2.00 bits per heavy atom. The summed E-state index contributed by atoms with van der Waals surface area (Å²) in [5, 5.41) is 21.2. The fourth-order valence-corrected chi connectivity index (χ4v) is 1.66. The van der Waals surface area contributed by atoms with E-state index in [1.807, 2.05) is 37.4 Å². The molecular weight excluding hydrogens is 244 g/mol. The number of rotatable bonds is 8. The predicted molar refractivity (Wildman–Crippen MR) is 75.5 cm³/mol. The number of nitrogens with zero attached hydrogens (tertiary/aromatic N) is 1. The van der Waals surface area contributed by atoms with Crippen molar-refractivity contribution >= 4 is 11.7 Å². The van der Waals surface area contributed by atoms with Crippen LogP contribution in [0.3, 0.4) is 0 Å². The quantitative estimate of drug-likeness (QED) is 0.611. The van der Waals surface area contributed by atoms with Gasteiger partial charge < -0.3 is 20.4 Å². The Bertz CT molecular complexity index is 393. The molecule has 1 unspecified atom stereocenters. The van der Waals surface area contributed by atoms with Crippen LogP contribution in [-0.4, -0.2) is 48.5 Å². The maximum absolute atomic E-state index is 10.7. The summed E-state index contributed by atoms with van der Waals surface area (Å²) in [6, 6.07) is 10.1. The van der Waals surface area contributed by atoms with Crippen LogP contribution in [0.15, 0.2) is 30.3 Å². The van der Waals surface area contributed by atoms with Crippen LogP contribution in [-0.2, 0) is 4.79 Å². The smallest absolute Gasteiger partial charge is 0.336 e. The van der Waals surface area contributed by atoms with Crippen molar-refractivity contribution in [3.8, 4) is 0 Å². The summed E-state index contributed by atoms with van der Waals surface area (Å²) in [7, 11) is 2.02. The van der Waals surface area contributed by atoms with E-state index in [1.54, 1.807) is 0 Å². The molecule has 3 N–H and O–H groups in total. The van der Waals surface area contributed by atoms with E-state index in [4.69, 9.17) is 5.11 Å². The van der Waals surface area contributed by atoms with E-state index in [9.17, 15) is 9.90 Å². The largest absolute Gasteiger partial charge is 0.479 e. The van der Waals surface area contributed by atoms with Gasteiger partial charge in [-0.05, 0) is 32.0 Å². The van der Waals surface area contributed by atoms with E-state index in [0.717, 1.165) is 18.7 Å². The molecule has 0 aliphatic carbocycles. The number of carbonyl (C=O) groups is 1. The van der Waals surface area contributed by atoms with Crippen LogP contribution >= 0.6 is 0 Å². The molecule has 0 bridgehead atoms. The second-order valence-corrected chi connectivity index (χ2v) is 4.87. The standard InChI is InChI=1S/C14H22N2O3/c1-14(19,13(17)18)11-15-9-6-10-16(2)12-7-4-3-5-8-12/h3-5,7-8,15,19H,6,9-11H2,1-2H3,(H,17,18). The zero-order valence-corrected chi connectivity index (χ0v) is 11.5. The van der Waals surface area contributed by atoms with Crippen LogP contribution in [0.25, 0.3) is 0 Å². The lowest BCUT2D eigenvalue weighted by Gasteiger charge is -2.21. The normalized spacial score (nSPS) is 13.8. The van der Waals surface area contributed by atoms with Crippen LogP contribution in [0, 0.1) is 0 Å². The molecule has 0 amide bonds. The van der Waals surface area contributed by atoms with E-state index in [1.165, 1.54) is 6.92 Å². The van der Waals surface area contributed by atoms with Crippen LogP contribution < -0.4 is 10.2 Å². The lowest BCUT2D eigenvalue weighted by atomic mass is 10.1. The van der Waals surface area contributed by atoms with Gasteiger partial charge in [0.1, 0.15) is 0 Å². The third-order valence-corrected chi connectivity index (χ3v) is 2.97. The number of hydrogen-bond donors (Lipinski definition) is 3. The van der Waals surface area contributed by atoms with E-state index < -0.39 is 11.6 Å². The van der Waals surface area contributed by atoms with Crippen LogP contribution in [0.1, 0.15) is 13.3 Å². The molecule has 0 heterocycles. The van der Waals surface area contributed by atoms with Crippen molar-refractivity contribution in [3.63, 3.8) is 0 Å². The van der Waals surface area contributed by atoms with Crippen molar-refractivity contribution in [2.45, 2.75) is 18.9 Å². The third-order valence-electron chi connectivity index (χ3n) is 2.97. The summed E-state index contributed by atoms with van der Waals surface area (Å²) in [5.41, 5.74) is -0.550. The zero-order valence-electron chi connectivity index (χ0n) is 11.5. The highest BCUT2D eigenvalue weighted by Crippen LogP contribution is 2.10. The van der Waals surface area contributed by atoms with Crippen LogP contribution in [0.5, 0.6) is 0 Å². The molecule has 106 valence electrons. The fourth-order valence-electron chi connectivity index (χ4n) is 1.66. The predicted octanol–water partition coefficient (Wildman–Crippen LogP) is 0.938. The van der Waals surface area contributed by atoms with Crippen LogP contribution in [0.4, 0.5) is 5.69 Å². The van der Waals surface area contributed by atoms with Crippen molar-refractivity contribution in [1.82, 2.24) is 5.32 Å². The van der Waals surface area contributed by atoms with Gasteiger partial charge in [-0.3, -0.25) is 0 Å². The average Bonchev–Trinajstić information content (AvgIpc) is 2.38. The van der Waals surface area contributed by atoms with Gasteiger partial charge in [0.2, 0.25) is 0 Å². The minimum Gasteiger partial charge on any atom is -0.479 e.